The number of carbonyl (C=O) groups is 2. The van der Waals surface area contributed by atoms with Gasteiger partial charge in [-0.15, -0.1) is 23.0 Å². The molecule has 3 heterocycles. The Bertz CT molecular complexity index is 1330. The number of benzene rings is 1. The molecule has 5 rings (SSSR count). The van der Waals surface area contributed by atoms with E-state index in [-0.39, 0.29) is 30.4 Å². The van der Waals surface area contributed by atoms with E-state index in [4.69, 9.17) is 4.74 Å². The van der Waals surface area contributed by atoms with Gasteiger partial charge in [-0.3, -0.25) is 14.4 Å². The van der Waals surface area contributed by atoms with Crippen molar-refractivity contribution in [2.75, 3.05) is 18.1 Å². The van der Waals surface area contributed by atoms with Crippen LogP contribution in [-0.2, 0) is 24.2 Å². The van der Waals surface area contributed by atoms with E-state index in [0.29, 0.717) is 39.7 Å². The van der Waals surface area contributed by atoms with Crippen LogP contribution in [0.4, 0.5) is 5.69 Å². The van der Waals surface area contributed by atoms with Gasteiger partial charge >= 0.3 is 0 Å². The van der Waals surface area contributed by atoms with Gasteiger partial charge in [0.05, 0.1) is 11.1 Å². The summed E-state index contributed by atoms with van der Waals surface area (Å²) in [7, 11) is 0. The maximum Gasteiger partial charge on any atom is 0.279 e. The van der Waals surface area contributed by atoms with Crippen LogP contribution in [0.5, 0.6) is 5.75 Å². The largest absolute Gasteiger partial charge is 0.482 e. The molecule has 0 fully saturated rings. The molecule has 1 atom stereocenters. The number of aromatic nitrogens is 3. The number of carbonyl (C=O) groups excluding carboxylic acids is 2. The molecule has 1 amide bonds. The number of hydrogen-bond acceptors (Lipinski definition) is 7. The van der Waals surface area contributed by atoms with Crippen molar-refractivity contribution in [1.82, 2.24) is 15.0 Å². The Balaban J connectivity index is 1.47. The minimum Gasteiger partial charge on any atom is -0.482 e. The van der Waals surface area contributed by atoms with E-state index in [1.165, 1.54) is 21.1 Å². The second-order valence-electron chi connectivity index (χ2n) is 8.27. The quantitative estimate of drug-likeness (QED) is 0.438. The Hall–Kier alpha value is -3.33. The zero-order valence-electron chi connectivity index (χ0n) is 17.7. The number of rotatable bonds is 5. The number of amides is 1. The van der Waals surface area contributed by atoms with Crippen LogP contribution in [0.3, 0.4) is 0 Å². The van der Waals surface area contributed by atoms with E-state index in [1.54, 1.807) is 24.3 Å². The highest BCUT2D eigenvalue weighted by Gasteiger charge is 2.27. The zero-order valence-corrected chi connectivity index (χ0v) is 18.5. The van der Waals surface area contributed by atoms with Gasteiger partial charge in [0.25, 0.3) is 11.5 Å². The van der Waals surface area contributed by atoms with Crippen molar-refractivity contribution in [3.8, 4) is 5.75 Å². The lowest BCUT2D eigenvalue weighted by molar-refractivity contribution is -0.121. The van der Waals surface area contributed by atoms with Gasteiger partial charge in [-0.05, 0) is 48.9 Å². The third-order valence-electron chi connectivity index (χ3n) is 6.01. The highest BCUT2D eigenvalue weighted by Crippen LogP contribution is 2.35. The molecule has 8 nitrogen and oxygen atoms in total. The van der Waals surface area contributed by atoms with Crippen molar-refractivity contribution in [2.45, 2.75) is 32.7 Å². The van der Waals surface area contributed by atoms with E-state index >= 15 is 0 Å². The lowest BCUT2D eigenvalue weighted by Gasteiger charge is -2.28. The van der Waals surface area contributed by atoms with Gasteiger partial charge in [0, 0.05) is 17.0 Å². The van der Waals surface area contributed by atoms with Gasteiger partial charge in [-0.1, -0.05) is 18.2 Å². The number of anilines is 1. The fraction of sp³-hybridized carbons (Fsp3) is 0.348. The molecular formula is C23H22N4O4S. The smallest absolute Gasteiger partial charge is 0.279 e. The number of hydrogen-bond donors (Lipinski definition) is 0. The molecule has 32 heavy (non-hydrogen) atoms. The summed E-state index contributed by atoms with van der Waals surface area (Å²) < 4.78 is 6.61. The molecule has 1 aliphatic carbocycles. The number of Topliss-reactive ketones (excluding diaryl/α,β-unsaturated/α-hetero) is 1. The molecule has 0 saturated carbocycles. The average Bonchev–Trinajstić information content (AvgIpc) is 3.15. The topological polar surface area (TPSA) is 94.4 Å². The first-order valence-corrected chi connectivity index (χ1v) is 11.4. The maximum absolute atomic E-state index is 13.2. The van der Waals surface area contributed by atoms with Crippen LogP contribution >= 0.6 is 11.3 Å². The van der Waals surface area contributed by atoms with Crippen molar-refractivity contribution < 1.29 is 14.3 Å². The van der Waals surface area contributed by atoms with Gasteiger partial charge in [0.2, 0.25) is 0 Å². The SMILES string of the molecule is C=CCN1C(=O)COc2ccc(C(=O)Cn3nnc4sc5c(c4c3=O)CCC(C)C5)cc21. The minimum absolute atomic E-state index is 0.0527. The maximum atomic E-state index is 13.2. The first-order chi connectivity index (χ1) is 15.5. The summed E-state index contributed by atoms with van der Waals surface area (Å²) in [5, 5.41) is 8.85. The number of aryl methyl sites for hydroxylation is 1. The monoisotopic (exact) mass is 450 g/mol. The highest BCUT2D eigenvalue weighted by atomic mass is 32.1. The van der Waals surface area contributed by atoms with Crippen molar-refractivity contribution >= 4 is 38.9 Å². The molecule has 9 heteroatoms. The third-order valence-corrected chi connectivity index (χ3v) is 7.15. The number of ketones is 1. The molecule has 3 aromatic rings. The number of ether oxygens (including phenoxy) is 1. The lowest BCUT2D eigenvalue weighted by Crippen LogP contribution is -2.39. The van der Waals surface area contributed by atoms with Crippen molar-refractivity contribution in [3.05, 3.63) is 57.2 Å². The van der Waals surface area contributed by atoms with Gasteiger partial charge in [-0.2, -0.15) is 0 Å². The van der Waals surface area contributed by atoms with Crippen LogP contribution in [0.15, 0.2) is 35.6 Å². The second-order valence-corrected chi connectivity index (χ2v) is 9.36. The van der Waals surface area contributed by atoms with Crippen LogP contribution in [0.2, 0.25) is 0 Å². The van der Waals surface area contributed by atoms with Crippen molar-refractivity contribution in [3.63, 3.8) is 0 Å². The Kier molecular flexibility index (Phi) is 5.13. The predicted octanol–water partition coefficient (Wildman–Crippen LogP) is 2.77. The average molecular weight is 451 g/mol. The minimum atomic E-state index is -0.294. The Morgan fingerprint density at radius 3 is 3.03 bits per heavy atom. The second kappa shape index (κ2) is 7.98. The lowest BCUT2D eigenvalue weighted by atomic mass is 9.89. The summed E-state index contributed by atoms with van der Waals surface area (Å²) in [6.45, 7) is 5.94. The standard InChI is InChI=1S/C23H22N4O4S/c1-3-8-26-16-10-14(5-7-18(16)31-12-20(26)29)17(28)11-27-23(30)21-15-6-4-13(2)9-19(15)32-22(21)24-25-27/h3,5,7,10,13H,1,4,6,8-9,11-12H2,2H3. The van der Waals surface area contributed by atoms with Crippen LogP contribution in [-0.4, -0.2) is 39.8 Å². The van der Waals surface area contributed by atoms with E-state index in [1.807, 2.05) is 0 Å². The summed E-state index contributed by atoms with van der Waals surface area (Å²) in [5.74, 6) is 0.622. The zero-order chi connectivity index (χ0) is 22.4. The van der Waals surface area contributed by atoms with E-state index in [0.717, 1.165) is 29.5 Å². The molecule has 1 unspecified atom stereocenters. The first-order valence-electron chi connectivity index (χ1n) is 10.6. The van der Waals surface area contributed by atoms with Gasteiger partial charge < -0.3 is 9.64 Å². The molecule has 0 bridgehead atoms. The molecule has 2 aromatic heterocycles. The van der Waals surface area contributed by atoms with E-state index < -0.39 is 0 Å². The molecule has 0 N–H and O–H groups in total. The summed E-state index contributed by atoms with van der Waals surface area (Å²) in [4.78, 5) is 41.7. The summed E-state index contributed by atoms with van der Waals surface area (Å²) in [6.07, 6.45) is 4.46. The van der Waals surface area contributed by atoms with Crippen LogP contribution in [0, 0.1) is 5.92 Å². The predicted molar refractivity (Wildman–Crippen MR) is 122 cm³/mol. The fourth-order valence-electron chi connectivity index (χ4n) is 4.33. The molecule has 164 valence electrons. The van der Waals surface area contributed by atoms with Gasteiger partial charge in [0.1, 0.15) is 12.3 Å². The Labute approximate surface area is 188 Å². The van der Waals surface area contributed by atoms with Crippen LogP contribution < -0.4 is 15.2 Å². The van der Waals surface area contributed by atoms with Crippen LogP contribution in [0.1, 0.15) is 34.1 Å². The summed E-state index contributed by atoms with van der Waals surface area (Å²) in [6, 6.07) is 4.91. The van der Waals surface area contributed by atoms with Gasteiger partial charge in [0.15, 0.2) is 17.2 Å². The number of thiophene rings is 1. The molecule has 0 saturated heterocycles. The number of nitrogens with zero attached hydrogens (tertiary/aromatic N) is 4. The molecule has 1 aromatic carbocycles. The molecule has 0 radical (unpaired) electrons. The number of fused-ring (bicyclic) bond motifs is 4. The molecule has 0 spiro atoms. The van der Waals surface area contributed by atoms with Crippen molar-refractivity contribution in [1.29, 1.82) is 0 Å². The normalized spacial score (nSPS) is 17.6. The van der Waals surface area contributed by atoms with E-state index in [9.17, 15) is 14.4 Å². The first kappa shape index (κ1) is 20.6. The highest BCUT2D eigenvalue weighted by molar-refractivity contribution is 7.18. The van der Waals surface area contributed by atoms with Gasteiger partial charge in [-0.25, -0.2) is 4.68 Å². The Morgan fingerprint density at radius 2 is 2.22 bits per heavy atom. The Morgan fingerprint density at radius 1 is 1.38 bits per heavy atom. The van der Waals surface area contributed by atoms with Crippen molar-refractivity contribution in [2.24, 2.45) is 5.92 Å². The molecule has 1 aliphatic heterocycles. The van der Waals surface area contributed by atoms with Crippen LogP contribution in [0.25, 0.3) is 10.2 Å². The molecule has 2 aliphatic rings. The third kappa shape index (κ3) is 3.42. The fourth-order valence-corrected chi connectivity index (χ4v) is 5.65. The van der Waals surface area contributed by atoms with E-state index in [2.05, 4.69) is 23.8 Å². The molecular weight excluding hydrogens is 428 g/mol. The summed E-state index contributed by atoms with van der Waals surface area (Å²) in [5.41, 5.74) is 1.67. The summed E-state index contributed by atoms with van der Waals surface area (Å²) >= 11 is 1.53.